The van der Waals surface area contributed by atoms with Gasteiger partial charge < -0.3 is 10.5 Å². The molecule has 0 spiro atoms. The van der Waals surface area contributed by atoms with E-state index in [0.717, 1.165) is 26.1 Å². The summed E-state index contributed by atoms with van der Waals surface area (Å²) in [6, 6.07) is 0. The Kier molecular flexibility index (Phi) is 2.88. The Labute approximate surface area is 66.9 Å². The van der Waals surface area contributed by atoms with Crippen molar-refractivity contribution in [1.29, 1.82) is 0 Å². The van der Waals surface area contributed by atoms with E-state index in [4.69, 9.17) is 10.5 Å². The molecule has 3 heteroatoms. The van der Waals surface area contributed by atoms with Crippen LogP contribution in [0.3, 0.4) is 0 Å². The van der Waals surface area contributed by atoms with Gasteiger partial charge in [-0.3, -0.25) is 4.79 Å². The van der Waals surface area contributed by atoms with Crippen molar-refractivity contribution in [3.8, 4) is 0 Å². The zero-order valence-corrected chi connectivity index (χ0v) is 6.88. The Morgan fingerprint density at radius 2 is 2.55 bits per heavy atom. The van der Waals surface area contributed by atoms with E-state index in [1.807, 2.05) is 6.92 Å². The topological polar surface area (TPSA) is 52.3 Å². The quantitative estimate of drug-likeness (QED) is 0.649. The molecule has 1 aliphatic rings. The minimum atomic E-state index is -0.197. The Morgan fingerprint density at radius 1 is 1.82 bits per heavy atom. The highest BCUT2D eigenvalue weighted by Gasteiger charge is 2.20. The van der Waals surface area contributed by atoms with Crippen molar-refractivity contribution < 1.29 is 9.53 Å². The van der Waals surface area contributed by atoms with Crippen LogP contribution in [0.2, 0.25) is 0 Å². The van der Waals surface area contributed by atoms with E-state index in [-0.39, 0.29) is 11.8 Å². The number of ether oxygens (including phenoxy) is 1. The van der Waals surface area contributed by atoms with Gasteiger partial charge in [0.2, 0.25) is 5.91 Å². The molecule has 1 amide bonds. The summed E-state index contributed by atoms with van der Waals surface area (Å²) in [4.78, 5) is 10.7. The lowest BCUT2D eigenvalue weighted by molar-refractivity contribution is -0.121. The maximum atomic E-state index is 10.7. The number of carbonyl (C=O) groups is 1. The van der Waals surface area contributed by atoms with Gasteiger partial charge in [0.15, 0.2) is 0 Å². The van der Waals surface area contributed by atoms with Crippen molar-refractivity contribution in [3.05, 3.63) is 0 Å². The summed E-state index contributed by atoms with van der Waals surface area (Å²) in [6.45, 7) is 3.52. The molecule has 1 heterocycles. The number of carbonyl (C=O) groups excluding carboxylic acids is 1. The minimum absolute atomic E-state index is 0.00157. The highest BCUT2D eigenvalue weighted by atomic mass is 16.5. The van der Waals surface area contributed by atoms with Crippen LogP contribution >= 0.6 is 0 Å². The molecule has 3 nitrogen and oxygen atoms in total. The Balaban J connectivity index is 2.23. The molecule has 1 aliphatic heterocycles. The van der Waals surface area contributed by atoms with Crippen LogP contribution in [0.5, 0.6) is 0 Å². The van der Waals surface area contributed by atoms with Crippen molar-refractivity contribution in [2.24, 2.45) is 17.6 Å². The number of rotatable bonds is 3. The molecule has 64 valence electrons. The van der Waals surface area contributed by atoms with Gasteiger partial charge in [-0.1, -0.05) is 6.92 Å². The van der Waals surface area contributed by atoms with E-state index >= 15 is 0 Å². The number of hydrogen-bond donors (Lipinski definition) is 1. The lowest BCUT2D eigenvalue weighted by Crippen LogP contribution is -2.23. The van der Waals surface area contributed by atoms with Crippen LogP contribution in [0, 0.1) is 11.8 Å². The second-order valence-electron chi connectivity index (χ2n) is 3.27. The Morgan fingerprint density at radius 3 is 3.00 bits per heavy atom. The van der Waals surface area contributed by atoms with Crippen molar-refractivity contribution in [2.45, 2.75) is 19.8 Å². The molecule has 0 bridgehead atoms. The third-order valence-corrected chi connectivity index (χ3v) is 2.20. The first-order valence-electron chi connectivity index (χ1n) is 4.07. The lowest BCUT2D eigenvalue weighted by atomic mass is 9.95. The van der Waals surface area contributed by atoms with Crippen molar-refractivity contribution in [2.75, 3.05) is 13.2 Å². The monoisotopic (exact) mass is 157 g/mol. The van der Waals surface area contributed by atoms with Gasteiger partial charge in [0, 0.05) is 19.1 Å². The van der Waals surface area contributed by atoms with Crippen LogP contribution < -0.4 is 5.73 Å². The highest BCUT2D eigenvalue weighted by molar-refractivity contribution is 5.76. The second-order valence-corrected chi connectivity index (χ2v) is 3.27. The van der Waals surface area contributed by atoms with Crippen LogP contribution in [0.1, 0.15) is 19.8 Å². The molecule has 1 saturated heterocycles. The third kappa shape index (κ3) is 2.50. The summed E-state index contributed by atoms with van der Waals surface area (Å²) in [5.41, 5.74) is 5.13. The Hall–Kier alpha value is -0.570. The molecule has 1 fully saturated rings. The molecule has 0 aromatic heterocycles. The van der Waals surface area contributed by atoms with Gasteiger partial charge >= 0.3 is 0 Å². The number of amides is 1. The summed E-state index contributed by atoms with van der Waals surface area (Å²) >= 11 is 0. The summed E-state index contributed by atoms with van der Waals surface area (Å²) in [5.74, 6) is 0.357. The van der Waals surface area contributed by atoms with Gasteiger partial charge in [-0.25, -0.2) is 0 Å². The molecular weight excluding hydrogens is 142 g/mol. The van der Waals surface area contributed by atoms with E-state index in [1.165, 1.54) is 0 Å². The maximum absolute atomic E-state index is 10.7. The molecule has 0 aliphatic carbocycles. The second kappa shape index (κ2) is 3.72. The molecule has 1 unspecified atom stereocenters. The van der Waals surface area contributed by atoms with Crippen LogP contribution in [-0.2, 0) is 9.53 Å². The van der Waals surface area contributed by atoms with Crippen LogP contribution in [0.25, 0.3) is 0 Å². The molecule has 0 aromatic carbocycles. The summed E-state index contributed by atoms with van der Waals surface area (Å²) in [7, 11) is 0. The fraction of sp³-hybridized carbons (Fsp3) is 0.875. The average Bonchev–Trinajstić information content (AvgIpc) is 2.39. The zero-order valence-electron chi connectivity index (χ0n) is 6.88. The van der Waals surface area contributed by atoms with Gasteiger partial charge in [-0.15, -0.1) is 0 Å². The normalized spacial score (nSPS) is 26.8. The Bertz CT molecular complexity index is 141. The number of hydrogen-bond acceptors (Lipinski definition) is 2. The average molecular weight is 157 g/mol. The smallest absolute Gasteiger partial charge is 0.220 e. The van der Waals surface area contributed by atoms with Gasteiger partial charge in [0.1, 0.15) is 0 Å². The SMILES string of the molecule is CC(C[C@H]1CCOC1)C(N)=O. The molecule has 0 radical (unpaired) electrons. The fourth-order valence-corrected chi connectivity index (χ4v) is 1.39. The van der Waals surface area contributed by atoms with E-state index in [1.54, 1.807) is 0 Å². The molecule has 0 saturated carbocycles. The van der Waals surface area contributed by atoms with Gasteiger partial charge in [0.05, 0.1) is 0 Å². The molecular formula is C8H15NO2. The van der Waals surface area contributed by atoms with Gasteiger partial charge in [-0.05, 0) is 18.8 Å². The van der Waals surface area contributed by atoms with Gasteiger partial charge in [-0.2, -0.15) is 0 Å². The predicted octanol–water partition coefficient (Wildman–Crippen LogP) is 0.534. The first-order valence-corrected chi connectivity index (χ1v) is 4.07. The standard InChI is InChI=1S/C8H15NO2/c1-6(8(9)10)4-7-2-3-11-5-7/h6-7H,2-5H2,1H3,(H2,9,10)/t6?,7-/m1/s1. The summed E-state index contributed by atoms with van der Waals surface area (Å²) < 4.78 is 5.19. The largest absolute Gasteiger partial charge is 0.381 e. The van der Waals surface area contributed by atoms with E-state index in [9.17, 15) is 4.79 Å². The van der Waals surface area contributed by atoms with Crippen LogP contribution in [-0.4, -0.2) is 19.1 Å². The third-order valence-electron chi connectivity index (χ3n) is 2.20. The zero-order chi connectivity index (χ0) is 8.27. The molecule has 2 N–H and O–H groups in total. The van der Waals surface area contributed by atoms with Crippen LogP contribution in [0.15, 0.2) is 0 Å². The van der Waals surface area contributed by atoms with Crippen LogP contribution in [0.4, 0.5) is 0 Å². The van der Waals surface area contributed by atoms with Gasteiger partial charge in [0.25, 0.3) is 0 Å². The fourth-order valence-electron chi connectivity index (χ4n) is 1.39. The highest BCUT2D eigenvalue weighted by Crippen LogP contribution is 2.20. The molecule has 11 heavy (non-hydrogen) atoms. The molecule has 1 rings (SSSR count). The van der Waals surface area contributed by atoms with E-state index < -0.39 is 0 Å². The van der Waals surface area contributed by atoms with Crippen molar-refractivity contribution in [1.82, 2.24) is 0 Å². The first kappa shape index (κ1) is 8.53. The minimum Gasteiger partial charge on any atom is -0.381 e. The van der Waals surface area contributed by atoms with E-state index in [0.29, 0.717) is 5.92 Å². The van der Waals surface area contributed by atoms with Crippen molar-refractivity contribution in [3.63, 3.8) is 0 Å². The summed E-state index contributed by atoms with van der Waals surface area (Å²) in [5, 5.41) is 0. The molecule has 0 aromatic rings. The van der Waals surface area contributed by atoms with E-state index in [2.05, 4.69) is 0 Å². The first-order chi connectivity index (χ1) is 5.20. The van der Waals surface area contributed by atoms with Crippen molar-refractivity contribution >= 4 is 5.91 Å². The predicted molar refractivity (Wildman–Crippen MR) is 41.9 cm³/mol. The number of nitrogens with two attached hydrogens (primary N) is 1. The maximum Gasteiger partial charge on any atom is 0.220 e. The number of primary amides is 1. The lowest BCUT2D eigenvalue weighted by Gasteiger charge is -2.10. The molecule has 2 atom stereocenters. The summed E-state index contributed by atoms with van der Waals surface area (Å²) in [6.07, 6.45) is 1.97.